The summed E-state index contributed by atoms with van der Waals surface area (Å²) in [4.78, 5) is 49.2. The molecule has 2 aromatic rings. The van der Waals surface area contributed by atoms with E-state index in [1.165, 1.54) is 6.33 Å². The van der Waals surface area contributed by atoms with Crippen LogP contribution in [0.3, 0.4) is 0 Å². The van der Waals surface area contributed by atoms with Crippen LogP contribution in [0.1, 0.15) is 62.3 Å². The van der Waals surface area contributed by atoms with E-state index in [1.807, 2.05) is 20.8 Å². The molecule has 0 aliphatic rings. The number of imidazole rings is 1. The number of hydrogen-bond acceptors (Lipinski definition) is 11. The van der Waals surface area contributed by atoms with Crippen molar-refractivity contribution in [2.24, 2.45) is 16.2 Å². The Bertz CT molecular complexity index is 1100. The van der Waals surface area contributed by atoms with E-state index in [4.69, 9.17) is 23.3 Å². The fourth-order valence-electron chi connectivity index (χ4n) is 2.55. The van der Waals surface area contributed by atoms with E-state index in [2.05, 4.69) is 20.3 Å². The van der Waals surface area contributed by atoms with Crippen molar-refractivity contribution in [3.05, 3.63) is 12.7 Å². The second-order valence-corrected chi connectivity index (χ2v) is 13.2. The highest BCUT2D eigenvalue weighted by molar-refractivity contribution is 7.47. The molecule has 2 heterocycles. The minimum atomic E-state index is -1.70. The van der Waals surface area contributed by atoms with Crippen LogP contribution >= 0.6 is 8.38 Å². The predicted molar refractivity (Wildman–Crippen MR) is 144 cm³/mol. The van der Waals surface area contributed by atoms with Gasteiger partial charge in [0.25, 0.3) is 0 Å². The molecule has 0 aliphatic heterocycles. The molecule has 1 N–H and O–H groups in total. The molecule has 0 bridgehead atoms. The monoisotopic (exact) mass is 569 g/mol. The molecule has 39 heavy (non-hydrogen) atoms. The van der Waals surface area contributed by atoms with E-state index in [1.54, 1.807) is 52.4 Å². The number of hydrogen-bond donors (Lipinski definition) is 1. The Morgan fingerprint density at radius 3 is 1.92 bits per heavy atom. The van der Waals surface area contributed by atoms with Crippen molar-refractivity contribution in [3.63, 3.8) is 0 Å². The molecule has 0 aliphatic carbocycles. The second-order valence-electron chi connectivity index (χ2n) is 11.8. The van der Waals surface area contributed by atoms with Gasteiger partial charge in [-0.1, -0.05) is 20.8 Å². The van der Waals surface area contributed by atoms with Crippen LogP contribution in [0.25, 0.3) is 11.2 Å². The van der Waals surface area contributed by atoms with Gasteiger partial charge in [0.05, 0.1) is 23.8 Å². The van der Waals surface area contributed by atoms with E-state index in [0.717, 1.165) is 0 Å². The first kappa shape index (κ1) is 32.5. The van der Waals surface area contributed by atoms with Crippen molar-refractivity contribution >= 4 is 43.2 Å². The van der Waals surface area contributed by atoms with Crippen LogP contribution in [0, 0.1) is 16.2 Å². The molecule has 2 aromatic heterocycles. The zero-order chi connectivity index (χ0) is 29.4. The summed E-state index contributed by atoms with van der Waals surface area (Å²) in [6, 6.07) is 0. The largest absolute Gasteiger partial charge is 0.438 e. The Morgan fingerprint density at radius 2 is 1.41 bits per heavy atom. The average Bonchev–Trinajstić information content (AvgIpc) is 3.23. The van der Waals surface area contributed by atoms with Crippen LogP contribution in [0.4, 0.5) is 5.82 Å². The zero-order valence-electron chi connectivity index (χ0n) is 24.2. The van der Waals surface area contributed by atoms with Crippen LogP contribution in [-0.4, -0.2) is 63.9 Å². The van der Waals surface area contributed by atoms with E-state index >= 15 is 0 Å². The number of aromatic nitrogens is 4. The first-order valence-corrected chi connectivity index (χ1v) is 13.8. The average molecular weight is 570 g/mol. The number of anilines is 1. The summed E-state index contributed by atoms with van der Waals surface area (Å²) in [5.74, 6) is -0.705. The molecule has 0 saturated heterocycles. The highest BCUT2D eigenvalue weighted by atomic mass is 31.2. The molecule has 1 amide bonds. The summed E-state index contributed by atoms with van der Waals surface area (Å²) in [6.45, 7) is 15.8. The molecule has 0 radical (unpaired) electrons. The first-order valence-electron chi connectivity index (χ1n) is 12.4. The Morgan fingerprint density at radius 1 is 0.846 bits per heavy atom. The number of esters is 2. The lowest BCUT2D eigenvalue weighted by Gasteiger charge is -2.21. The molecular weight excluding hydrogens is 529 g/mol. The third-order valence-corrected chi connectivity index (χ3v) is 6.17. The number of rotatable bonds is 12. The highest BCUT2D eigenvalue weighted by Gasteiger charge is 2.26. The van der Waals surface area contributed by atoms with Crippen molar-refractivity contribution < 1.29 is 37.6 Å². The summed E-state index contributed by atoms with van der Waals surface area (Å²) in [6.07, 6.45) is 2.98. The third-order valence-electron chi connectivity index (χ3n) is 4.99. The lowest BCUT2D eigenvalue weighted by atomic mass is 9.96. The van der Waals surface area contributed by atoms with Gasteiger partial charge in [-0.15, -0.1) is 0 Å². The van der Waals surface area contributed by atoms with Gasteiger partial charge >= 0.3 is 11.9 Å². The number of ether oxygens (including phenoxy) is 3. The smallest absolute Gasteiger partial charge is 0.313 e. The Balaban J connectivity index is 1.94. The number of carbonyl (C=O) groups excluding carboxylic acids is 3. The lowest BCUT2D eigenvalue weighted by Crippen LogP contribution is -2.28. The topological polar surface area (TPSA) is 153 Å². The molecule has 218 valence electrons. The molecule has 0 spiro atoms. The van der Waals surface area contributed by atoms with Gasteiger partial charge in [0.1, 0.15) is 12.7 Å². The minimum absolute atomic E-state index is 0.0317. The van der Waals surface area contributed by atoms with Gasteiger partial charge in [-0.05, 0) is 41.5 Å². The van der Waals surface area contributed by atoms with E-state index in [-0.39, 0.29) is 32.4 Å². The molecule has 0 fully saturated rings. The fourth-order valence-corrected chi connectivity index (χ4v) is 3.40. The molecule has 0 saturated carbocycles. The molecule has 0 atom stereocenters. The SMILES string of the molecule is CC(C)(C)C(=O)Nc1ncnc2c1ncn2CCOCP(OCOC(=O)C(C)(C)C)OCOC(=O)C(C)(C)C. The summed E-state index contributed by atoms with van der Waals surface area (Å²) in [5, 5.41) is 2.79. The van der Waals surface area contributed by atoms with Crippen LogP contribution in [0.5, 0.6) is 0 Å². The summed E-state index contributed by atoms with van der Waals surface area (Å²) >= 11 is 0. The van der Waals surface area contributed by atoms with Crippen molar-refractivity contribution in [1.29, 1.82) is 0 Å². The molecule has 2 rings (SSSR count). The van der Waals surface area contributed by atoms with Gasteiger partial charge in [0, 0.05) is 12.0 Å². The maximum absolute atomic E-state index is 12.4. The van der Waals surface area contributed by atoms with Gasteiger partial charge in [0.2, 0.25) is 14.3 Å². The zero-order valence-corrected chi connectivity index (χ0v) is 25.1. The first-order chi connectivity index (χ1) is 18.0. The predicted octanol–water partition coefficient (Wildman–Crippen LogP) is 4.22. The second kappa shape index (κ2) is 13.6. The molecule has 0 unspecified atom stereocenters. The number of amides is 1. The Kier molecular flexibility index (Phi) is 11.3. The van der Waals surface area contributed by atoms with E-state index < -0.39 is 36.6 Å². The third kappa shape index (κ3) is 10.4. The fraction of sp³-hybridized carbons (Fsp3) is 0.680. The summed E-state index contributed by atoms with van der Waals surface area (Å²) in [5.41, 5.74) is -0.954. The number of carbonyl (C=O) groups is 3. The summed E-state index contributed by atoms with van der Waals surface area (Å²) in [7, 11) is -1.70. The van der Waals surface area contributed by atoms with Gasteiger partial charge in [-0.25, -0.2) is 15.0 Å². The maximum Gasteiger partial charge on any atom is 0.313 e. The lowest BCUT2D eigenvalue weighted by molar-refractivity contribution is -0.161. The van der Waals surface area contributed by atoms with Gasteiger partial charge in [-0.2, -0.15) is 0 Å². The van der Waals surface area contributed by atoms with Gasteiger partial charge in [0.15, 0.2) is 30.6 Å². The van der Waals surface area contributed by atoms with Crippen molar-refractivity contribution in [3.8, 4) is 0 Å². The Labute approximate surface area is 230 Å². The van der Waals surface area contributed by atoms with Gasteiger partial charge in [-0.3, -0.25) is 23.4 Å². The van der Waals surface area contributed by atoms with E-state index in [9.17, 15) is 14.4 Å². The van der Waals surface area contributed by atoms with Crippen molar-refractivity contribution in [2.75, 3.05) is 31.9 Å². The standard InChI is InChI=1S/C25H40N5O8P/c1-23(2,3)20(31)29-18-17-19(27-12-26-18)30(13-28-17)10-11-34-16-39(37-14-35-21(32)24(4,5)6)38-15-36-22(33)25(7,8)9/h12-13H,10-11,14-16H2,1-9H3,(H,26,27,29,31). The molecule has 14 heteroatoms. The van der Waals surface area contributed by atoms with Crippen LogP contribution in [0.15, 0.2) is 12.7 Å². The molecule has 13 nitrogen and oxygen atoms in total. The van der Waals surface area contributed by atoms with Crippen LogP contribution < -0.4 is 5.32 Å². The Hall–Kier alpha value is -2.73. The quantitative estimate of drug-likeness (QED) is 0.169. The molecular formula is C25H40N5O8P. The van der Waals surface area contributed by atoms with Crippen molar-refractivity contribution in [1.82, 2.24) is 19.5 Å². The van der Waals surface area contributed by atoms with Gasteiger partial charge < -0.3 is 24.1 Å². The van der Waals surface area contributed by atoms with Crippen LogP contribution in [-0.2, 0) is 44.2 Å². The summed E-state index contributed by atoms with van der Waals surface area (Å²) < 4.78 is 28.9. The number of nitrogens with one attached hydrogen (secondary N) is 1. The maximum atomic E-state index is 12.4. The number of nitrogens with zero attached hydrogens (tertiary/aromatic N) is 4. The highest BCUT2D eigenvalue weighted by Crippen LogP contribution is 2.38. The van der Waals surface area contributed by atoms with E-state index in [0.29, 0.717) is 23.5 Å². The number of fused-ring (bicyclic) bond motifs is 1. The normalized spacial score (nSPS) is 12.6. The molecule has 0 aromatic carbocycles. The van der Waals surface area contributed by atoms with Crippen molar-refractivity contribution in [2.45, 2.75) is 68.9 Å². The van der Waals surface area contributed by atoms with Crippen LogP contribution in [0.2, 0.25) is 0 Å². The minimum Gasteiger partial charge on any atom is -0.438 e.